The predicted molar refractivity (Wildman–Crippen MR) is 54.1 cm³/mol. The lowest BCUT2D eigenvalue weighted by atomic mass is 10.1. The molecule has 0 unspecified atom stereocenters. The molecule has 0 aliphatic heterocycles. The Morgan fingerprint density at radius 2 is 1.58 bits per heavy atom. The van der Waals surface area contributed by atoms with Gasteiger partial charge in [0.1, 0.15) is 0 Å². The van der Waals surface area contributed by atoms with Gasteiger partial charge < -0.3 is 0 Å². The smallest absolute Gasteiger partial charge is 0.00930 e. The van der Waals surface area contributed by atoms with Crippen LogP contribution in [0.1, 0.15) is 44.9 Å². The Morgan fingerprint density at radius 1 is 0.750 bits per heavy atom. The molecule has 0 nitrogen and oxygen atoms in total. The quantitative estimate of drug-likeness (QED) is 0.373. The summed E-state index contributed by atoms with van der Waals surface area (Å²) in [5, 5.41) is 0. The highest BCUT2D eigenvalue weighted by atomic mass is 13.9. The second kappa shape index (κ2) is 6.94. The van der Waals surface area contributed by atoms with E-state index in [1.807, 2.05) is 0 Å². The average molecular weight is 162 g/mol. The third kappa shape index (κ3) is 4.98. The third-order valence-electron chi connectivity index (χ3n) is 2.13. The van der Waals surface area contributed by atoms with Gasteiger partial charge in [-0.25, -0.2) is 0 Å². The van der Waals surface area contributed by atoms with Crippen LogP contribution in [0.5, 0.6) is 0 Å². The first-order chi connectivity index (χ1) is 6.00. The Hall–Kier alpha value is -0.740. The van der Waals surface area contributed by atoms with E-state index >= 15 is 0 Å². The molecule has 1 aliphatic rings. The van der Waals surface area contributed by atoms with Gasteiger partial charge in [-0.3, -0.25) is 0 Å². The van der Waals surface area contributed by atoms with Gasteiger partial charge in [0.2, 0.25) is 0 Å². The minimum absolute atomic E-state index is 1.05. The van der Waals surface area contributed by atoms with E-state index in [0.717, 1.165) is 6.42 Å². The number of hydrogen-bond acceptors (Lipinski definition) is 0. The summed E-state index contributed by atoms with van der Waals surface area (Å²) in [4.78, 5) is 0. The van der Waals surface area contributed by atoms with Gasteiger partial charge in [-0.1, -0.05) is 25.0 Å². The summed E-state index contributed by atoms with van der Waals surface area (Å²) < 4.78 is 0. The van der Waals surface area contributed by atoms with Crippen LogP contribution < -0.4 is 0 Å². The molecule has 0 amide bonds. The van der Waals surface area contributed by atoms with Crippen LogP contribution in [-0.4, -0.2) is 0 Å². The van der Waals surface area contributed by atoms with E-state index in [1.165, 1.54) is 38.5 Å². The zero-order valence-corrected chi connectivity index (χ0v) is 7.76. The van der Waals surface area contributed by atoms with Crippen molar-refractivity contribution in [2.45, 2.75) is 44.9 Å². The molecular formula is C12H18. The highest BCUT2D eigenvalue weighted by Crippen LogP contribution is 2.07. The number of hydrogen-bond donors (Lipinski definition) is 0. The highest BCUT2D eigenvalue weighted by Gasteiger charge is 1.87. The molecule has 0 fully saturated rings. The molecular weight excluding hydrogens is 144 g/mol. The van der Waals surface area contributed by atoms with Gasteiger partial charge in [-0.2, -0.15) is 0 Å². The molecule has 0 aromatic rings. The maximum atomic E-state index is 3.20. The van der Waals surface area contributed by atoms with E-state index in [1.54, 1.807) is 0 Å². The molecule has 0 aromatic carbocycles. The van der Waals surface area contributed by atoms with Gasteiger partial charge in [-0.15, -0.1) is 5.73 Å². The lowest BCUT2D eigenvalue weighted by Crippen LogP contribution is -1.77. The topological polar surface area (TPSA) is 0 Å². The normalized spacial score (nSPS) is 22.7. The fourth-order valence-corrected chi connectivity index (χ4v) is 1.38. The van der Waals surface area contributed by atoms with Crippen molar-refractivity contribution < 1.29 is 0 Å². The average Bonchev–Trinajstić information content (AvgIpc) is 2.05. The first kappa shape index (κ1) is 9.35. The first-order valence-corrected chi connectivity index (χ1v) is 5.04. The van der Waals surface area contributed by atoms with Crippen molar-refractivity contribution in [3.05, 3.63) is 30.0 Å². The SMILES string of the molecule is C1=CC/C=C\CCCCCCC=1. The minimum atomic E-state index is 1.05. The molecule has 0 heterocycles. The van der Waals surface area contributed by atoms with Crippen LogP contribution in [0.4, 0.5) is 0 Å². The molecule has 1 aliphatic carbocycles. The second-order valence-electron chi connectivity index (χ2n) is 3.27. The molecule has 0 heteroatoms. The number of rotatable bonds is 0. The van der Waals surface area contributed by atoms with Gasteiger partial charge in [0.05, 0.1) is 0 Å². The van der Waals surface area contributed by atoms with Crippen LogP contribution in [0.15, 0.2) is 30.0 Å². The predicted octanol–water partition coefficient (Wildman–Crippen LogP) is 4.00. The van der Waals surface area contributed by atoms with Gasteiger partial charge in [-0.05, 0) is 44.3 Å². The second-order valence-corrected chi connectivity index (χ2v) is 3.27. The van der Waals surface area contributed by atoms with Gasteiger partial charge in [0.15, 0.2) is 0 Å². The van der Waals surface area contributed by atoms with Gasteiger partial charge >= 0.3 is 0 Å². The molecule has 0 spiro atoms. The lowest BCUT2D eigenvalue weighted by Gasteiger charge is -1.96. The first-order valence-electron chi connectivity index (χ1n) is 5.04. The van der Waals surface area contributed by atoms with Crippen LogP contribution in [0.25, 0.3) is 0 Å². The molecule has 0 bridgehead atoms. The molecule has 66 valence electrons. The molecule has 0 atom stereocenters. The summed E-state index contributed by atoms with van der Waals surface area (Å²) in [6, 6.07) is 0. The van der Waals surface area contributed by atoms with Crippen molar-refractivity contribution in [1.29, 1.82) is 0 Å². The zero-order chi connectivity index (χ0) is 8.49. The van der Waals surface area contributed by atoms with Crippen LogP contribution in [0.3, 0.4) is 0 Å². The van der Waals surface area contributed by atoms with Crippen molar-refractivity contribution in [3.63, 3.8) is 0 Å². The summed E-state index contributed by atoms with van der Waals surface area (Å²) >= 11 is 0. The van der Waals surface area contributed by atoms with Gasteiger partial charge in [0.25, 0.3) is 0 Å². The van der Waals surface area contributed by atoms with E-state index in [9.17, 15) is 0 Å². The van der Waals surface area contributed by atoms with Gasteiger partial charge in [0, 0.05) is 0 Å². The summed E-state index contributed by atoms with van der Waals surface area (Å²) in [5.74, 6) is 0. The minimum Gasteiger partial charge on any atom is -0.129 e. The third-order valence-corrected chi connectivity index (χ3v) is 2.13. The Morgan fingerprint density at radius 3 is 2.50 bits per heavy atom. The zero-order valence-electron chi connectivity index (χ0n) is 7.76. The fraction of sp³-hybridized carbons (Fsp3) is 0.583. The molecule has 1 rings (SSSR count). The van der Waals surface area contributed by atoms with Crippen molar-refractivity contribution in [1.82, 2.24) is 0 Å². The summed E-state index contributed by atoms with van der Waals surface area (Å²) in [7, 11) is 0. The Balaban J connectivity index is 2.32. The monoisotopic (exact) mass is 162 g/mol. The molecule has 0 N–H and O–H groups in total. The van der Waals surface area contributed by atoms with Crippen LogP contribution in [0.2, 0.25) is 0 Å². The molecule has 0 aromatic heterocycles. The van der Waals surface area contributed by atoms with E-state index < -0.39 is 0 Å². The standard InChI is InChI=1S/C12H18/c1-2-4-6-8-10-12-11-9-7-5-3-1/h1-2,5,9H,3-4,6,8,10-12H2/b2-1-. The summed E-state index contributed by atoms with van der Waals surface area (Å²) in [6.45, 7) is 0. The molecule has 0 saturated carbocycles. The Kier molecular flexibility index (Phi) is 5.41. The number of allylic oxidation sites excluding steroid dienone is 3. The van der Waals surface area contributed by atoms with Crippen molar-refractivity contribution in [2.75, 3.05) is 0 Å². The van der Waals surface area contributed by atoms with E-state index in [-0.39, 0.29) is 0 Å². The van der Waals surface area contributed by atoms with Crippen LogP contribution in [-0.2, 0) is 0 Å². The molecule has 0 saturated heterocycles. The fourth-order valence-electron chi connectivity index (χ4n) is 1.38. The summed E-state index contributed by atoms with van der Waals surface area (Å²) in [5.41, 5.74) is 3.20. The highest BCUT2D eigenvalue weighted by molar-refractivity contribution is 4.93. The maximum Gasteiger partial charge on any atom is -0.00930 e. The van der Waals surface area contributed by atoms with Crippen LogP contribution in [0, 0.1) is 0 Å². The van der Waals surface area contributed by atoms with Crippen LogP contribution >= 0.6 is 0 Å². The largest absolute Gasteiger partial charge is 0.129 e. The van der Waals surface area contributed by atoms with Crippen molar-refractivity contribution in [3.8, 4) is 0 Å². The maximum absolute atomic E-state index is 3.20. The Bertz CT molecular complexity index is 180. The molecule has 0 radical (unpaired) electrons. The van der Waals surface area contributed by atoms with Crippen molar-refractivity contribution >= 4 is 0 Å². The summed E-state index contributed by atoms with van der Waals surface area (Å²) in [6.07, 6.45) is 17.8. The molecule has 12 heavy (non-hydrogen) atoms. The van der Waals surface area contributed by atoms with Crippen molar-refractivity contribution in [2.24, 2.45) is 0 Å². The van der Waals surface area contributed by atoms with E-state index in [2.05, 4.69) is 30.0 Å². The van der Waals surface area contributed by atoms with E-state index in [0.29, 0.717) is 0 Å². The van der Waals surface area contributed by atoms with E-state index in [4.69, 9.17) is 0 Å². The lowest BCUT2D eigenvalue weighted by molar-refractivity contribution is 0.652. The Labute approximate surface area is 75.7 Å².